The number of rotatable bonds is 5. The number of hydrogen-bond acceptors (Lipinski definition) is 2. The van der Waals surface area contributed by atoms with Gasteiger partial charge < -0.3 is 10.6 Å². The van der Waals surface area contributed by atoms with Crippen molar-refractivity contribution in [3.63, 3.8) is 0 Å². The van der Waals surface area contributed by atoms with Gasteiger partial charge in [-0.3, -0.25) is 4.79 Å². The van der Waals surface area contributed by atoms with E-state index in [0.29, 0.717) is 12.6 Å². The zero-order valence-electron chi connectivity index (χ0n) is 11.5. The smallest absolute Gasteiger partial charge is 0.234 e. The number of carbonyl (C=O) groups is 1. The maximum Gasteiger partial charge on any atom is 0.234 e. The number of hydrogen-bond donors (Lipinski definition) is 2. The van der Waals surface area contributed by atoms with Crippen molar-refractivity contribution in [3.8, 4) is 0 Å². The number of amides is 1. The van der Waals surface area contributed by atoms with E-state index in [1.54, 1.807) is 0 Å². The van der Waals surface area contributed by atoms with Crippen LogP contribution in [0.1, 0.15) is 35.1 Å². The summed E-state index contributed by atoms with van der Waals surface area (Å²) in [6.45, 7) is 7.53. The molecule has 2 rings (SSSR count). The van der Waals surface area contributed by atoms with Gasteiger partial charge >= 0.3 is 0 Å². The Morgan fingerprint density at radius 1 is 1.22 bits per heavy atom. The SMILES string of the molecule is Cc1cc(C)c(CNCC(=O)NC2CC2)c(C)c1. The molecule has 3 nitrogen and oxygen atoms in total. The molecule has 0 aliphatic heterocycles. The Morgan fingerprint density at radius 3 is 2.39 bits per heavy atom. The highest BCUT2D eigenvalue weighted by molar-refractivity contribution is 5.78. The first-order chi connectivity index (χ1) is 8.56. The number of benzene rings is 1. The summed E-state index contributed by atoms with van der Waals surface area (Å²) < 4.78 is 0. The van der Waals surface area contributed by atoms with Crippen molar-refractivity contribution in [1.82, 2.24) is 10.6 Å². The lowest BCUT2D eigenvalue weighted by atomic mass is 10.00. The van der Waals surface area contributed by atoms with Crippen LogP contribution in [0, 0.1) is 20.8 Å². The molecule has 0 spiro atoms. The standard InChI is InChI=1S/C15H22N2O/c1-10-6-11(2)14(12(3)7-10)8-16-9-15(18)17-13-4-5-13/h6-7,13,16H,4-5,8-9H2,1-3H3,(H,17,18). The molecule has 0 aromatic heterocycles. The Morgan fingerprint density at radius 2 is 1.83 bits per heavy atom. The largest absolute Gasteiger partial charge is 0.352 e. The van der Waals surface area contributed by atoms with Crippen LogP contribution in [0.4, 0.5) is 0 Å². The first-order valence-corrected chi connectivity index (χ1v) is 6.63. The lowest BCUT2D eigenvalue weighted by molar-refractivity contribution is -0.120. The van der Waals surface area contributed by atoms with E-state index in [1.807, 2.05) is 0 Å². The fourth-order valence-electron chi connectivity index (χ4n) is 2.30. The Kier molecular flexibility index (Phi) is 4.02. The van der Waals surface area contributed by atoms with Crippen LogP contribution in [0.5, 0.6) is 0 Å². The second-order valence-electron chi connectivity index (χ2n) is 5.32. The minimum absolute atomic E-state index is 0.111. The van der Waals surface area contributed by atoms with Gasteiger partial charge in [-0.1, -0.05) is 17.7 Å². The van der Waals surface area contributed by atoms with E-state index in [1.165, 1.54) is 22.3 Å². The minimum Gasteiger partial charge on any atom is -0.352 e. The van der Waals surface area contributed by atoms with Crippen LogP contribution in [0.3, 0.4) is 0 Å². The zero-order chi connectivity index (χ0) is 13.1. The van der Waals surface area contributed by atoms with E-state index in [4.69, 9.17) is 0 Å². The van der Waals surface area contributed by atoms with Gasteiger partial charge in [0.05, 0.1) is 6.54 Å². The molecule has 1 aromatic rings. The lowest BCUT2D eigenvalue weighted by Gasteiger charge is -2.12. The van der Waals surface area contributed by atoms with Gasteiger partial charge in [0.15, 0.2) is 0 Å². The lowest BCUT2D eigenvalue weighted by Crippen LogP contribution is -2.35. The third kappa shape index (κ3) is 3.57. The quantitative estimate of drug-likeness (QED) is 0.834. The van der Waals surface area contributed by atoms with Crippen LogP contribution in [0.25, 0.3) is 0 Å². The van der Waals surface area contributed by atoms with E-state index in [-0.39, 0.29) is 5.91 Å². The van der Waals surface area contributed by atoms with Crippen LogP contribution in [-0.2, 0) is 11.3 Å². The van der Waals surface area contributed by atoms with Gasteiger partial charge in [0, 0.05) is 12.6 Å². The van der Waals surface area contributed by atoms with Gasteiger partial charge in [-0.05, 0) is 50.3 Å². The van der Waals surface area contributed by atoms with Crippen molar-refractivity contribution in [2.45, 2.75) is 46.2 Å². The van der Waals surface area contributed by atoms with Gasteiger partial charge in [-0.2, -0.15) is 0 Å². The van der Waals surface area contributed by atoms with E-state index in [9.17, 15) is 4.79 Å². The Balaban J connectivity index is 1.84. The van der Waals surface area contributed by atoms with Crippen LogP contribution in [-0.4, -0.2) is 18.5 Å². The fourth-order valence-corrected chi connectivity index (χ4v) is 2.30. The third-order valence-electron chi connectivity index (χ3n) is 3.37. The Bertz CT molecular complexity index is 427. The molecular formula is C15H22N2O. The molecule has 0 saturated heterocycles. The summed E-state index contributed by atoms with van der Waals surface area (Å²) in [5.41, 5.74) is 5.19. The molecule has 2 N–H and O–H groups in total. The van der Waals surface area contributed by atoms with E-state index < -0.39 is 0 Å². The Hall–Kier alpha value is -1.35. The molecule has 1 saturated carbocycles. The van der Waals surface area contributed by atoms with Crippen molar-refractivity contribution in [2.24, 2.45) is 0 Å². The predicted octanol–water partition coefficient (Wildman–Crippen LogP) is 1.98. The summed E-state index contributed by atoms with van der Waals surface area (Å²) in [4.78, 5) is 11.5. The molecule has 98 valence electrons. The number of carbonyl (C=O) groups excluding carboxylic acids is 1. The van der Waals surface area contributed by atoms with Gasteiger partial charge in [0.2, 0.25) is 5.91 Å². The predicted molar refractivity (Wildman–Crippen MR) is 73.5 cm³/mol. The average molecular weight is 246 g/mol. The van der Waals surface area contributed by atoms with Crippen molar-refractivity contribution in [2.75, 3.05) is 6.54 Å². The monoisotopic (exact) mass is 246 g/mol. The van der Waals surface area contributed by atoms with E-state index >= 15 is 0 Å². The van der Waals surface area contributed by atoms with Crippen molar-refractivity contribution < 1.29 is 4.79 Å². The second kappa shape index (κ2) is 5.53. The summed E-state index contributed by atoms with van der Waals surface area (Å²) in [7, 11) is 0. The molecule has 0 bridgehead atoms. The van der Waals surface area contributed by atoms with Gasteiger partial charge in [-0.25, -0.2) is 0 Å². The highest BCUT2D eigenvalue weighted by Crippen LogP contribution is 2.18. The summed E-state index contributed by atoms with van der Waals surface area (Å²) in [6.07, 6.45) is 2.28. The summed E-state index contributed by atoms with van der Waals surface area (Å²) >= 11 is 0. The maximum atomic E-state index is 11.5. The minimum atomic E-state index is 0.111. The average Bonchev–Trinajstić information content (AvgIpc) is 3.05. The van der Waals surface area contributed by atoms with E-state index in [0.717, 1.165) is 19.4 Å². The molecule has 1 amide bonds. The third-order valence-corrected chi connectivity index (χ3v) is 3.37. The second-order valence-corrected chi connectivity index (χ2v) is 5.32. The van der Waals surface area contributed by atoms with Crippen LogP contribution in [0.15, 0.2) is 12.1 Å². The van der Waals surface area contributed by atoms with Gasteiger partial charge in [0.1, 0.15) is 0 Å². The molecule has 18 heavy (non-hydrogen) atoms. The molecular weight excluding hydrogens is 224 g/mol. The summed E-state index contributed by atoms with van der Waals surface area (Å²) in [5, 5.41) is 6.20. The summed E-state index contributed by atoms with van der Waals surface area (Å²) in [5.74, 6) is 0.111. The zero-order valence-corrected chi connectivity index (χ0v) is 11.5. The number of nitrogens with one attached hydrogen (secondary N) is 2. The molecule has 0 atom stereocenters. The highest BCUT2D eigenvalue weighted by Gasteiger charge is 2.22. The molecule has 1 aromatic carbocycles. The maximum absolute atomic E-state index is 11.5. The molecule has 1 aliphatic carbocycles. The fraction of sp³-hybridized carbons (Fsp3) is 0.533. The van der Waals surface area contributed by atoms with Crippen LogP contribution in [0.2, 0.25) is 0 Å². The van der Waals surface area contributed by atoms with Gasteiger partial charge in [-0.15, -0.1) is 0 Å². The first-order valence-electron chi connectivity index (χ1n) is 6.63. The molecule has 3 heteroatoms. The Labute approximate surface area is 109 Å². The summed E-state index contributed by atoms with van der Waals surface area (Å²) in [6, 6.07) is 4.82. The van der Waals surface area contributed by atoms with E-state index in [2.05, 4.69) is 43.5 Å². The first kappa shape index (κ1) is 13.1. The molecule has 0 radical (unpaired) electrons. The van der Waals surface area contributed by atoms with Gasteiger partial charge in [0.25, 0.3) is 0 Å². The molecule has 0 heterocycles. The van der Waals surface area contributed by atoms with Crippen molar-refractivity contribution >= 4 is 5.91 Å². The van der Waals surface area contributed by atoms with Crippen molar-refractivity contribution in [1.29, 1.82) is 0 Å². The number of aryl methyl sites for hydroxylation is 3. The molecule has 1 aliphatic rings. The van der Waals surface area contributed by atoms with Crippen LogP contribution < -0.4 is 10.6 Å². The normalized spacial score (nSPS) is 14.6. The topological polar surface area (TPSA) is 41.1 Å². The highest BCUT2D eigenvalue weighted by atomic mass is 16.2. The van der Waals surface area contributed by atoms with Crippen molar-refractivity contribution in [3.05, 3.63) is 34.4 Å². The molecule has 1 fully saturated rings. The van der Waals surface area contributed by atoms with Crippen LogP contribution >= 0.6 is 0 Å². The molecule has 0 unspecified atom stereocenters.